The molecule has 2 rings (SSSR count). The van der Waals surface area contributed by atoms with Gasteiger partial charge < -0.3 is 24.7 Å². The number of nitrogens with zero attached hydrogens (tertiary/aromatic N) is 5. The van der Waals surface area contributed by atoms with E-state index in [0.29, 0.717) is 32.4 Å². The fourth-order valence-corrected chi connectivity index (χ4v) is 3.30. The monoisotopic (exact) mass is 395 g/mol. The molecule has 1 aliphatic rings. The molecule has 28 heavy (non-hydrogen) atoms. The van der Waals surface area contributed by atoms with Gasteiger partial charge in [0, 0.05) is 39.9 Å². The number of rotatable bonds is 12. The van der Waals surface area contributed by atoms with E-state index >= 15 is 0 Å². The summed E-state index contributed by atoms with van der Waals surface area (Å²) in [6.45, 7) is 10.7. The highest BCUT2D eigenvalue weighted by Gasteiger charge is 2.22. The van der Waals surface area contributed by atoms with Crippen LogP contribution in [0.15, 0.2) is 4.99 Å². The predicted octanol–water partition coefficient (Wildman–Crippen LogP) is 0.696. The summed E-state index contributed by atoms with van der Waals surface area (Å²) in [5, 5.41) is 15.2. The first kappa shape index (κ1) is 22.6. The number of ether oxygens (including phenoxy) is 2. The van der Waals surface area contributed by atoms with E-state index in [2.05, 4.69) is 32.7 Å². The number of aromatic nitrogens is 3. The molecule has 1 saturated heterocycles. The largest absolute Gasteiger partial charge is 0.382 e. The molecular weight excluding hydrogens is 358 g/mol. The van der Waals surface area contributed by atoms with E-state index in [1.54, 1.807) is 7.11 Å². The van der Waals surface area contributed by atoms with Crippen molar-refractivity contribution in [3.05, 3.63) is 11.6 Å². The highest BCUT2D eigenvalue weighted by atomic mass is 16.5. The number of methoxy groups -OCH3 is 1. The van der Waals surface area contributed by atoms with Crippen LogP contribution in [0.1, 0.15) is 37.8 Å². The quantitative estimate of drug-likeness (QED) is 0.306. The van der Waals surface area contributed by atoms with Gasteiger partial charge in [-0.2, -0.15) is 0 Å². The minimum absolute atomic E-state index is 0.499. The van der Waals surface area contributed by atoms with E-state index in [0.717, 1.165) is 43.7 Å². The molecular formula is C19H37N7O2. The first-order chi connectivity index (χ1) is 13.7. The molecule has 0 spiro atoms. The van der Waals surface area contributed by atoms with Gasteiger partial charge in [-0.05, 0) is 39.3 Å². The standard InChI is InChI=1S/C19H37N7O2/c1-5-26-10-6-8-17(26)14-21-19(20-9-7-11-28-13-12-27-4)22-15-18-24-23-16(2)25(18)3/h17H,5-15H2,1-4H3,(H2,20,21,22). The normalized spacial score (nSPS) is 18.0. The van der Waals surface area contributed by atoms with E-state index in [1.165, 1.54) is 19.4 Å². The van der Waals surface area contributed by atoms with E-state index < -0.39 is 0 Å². The molecule has 1 unspecified atom stereocenters. The second-order valence-electron chi connectivity index (χ2n) is 7.08. The van der Waals surface area contributed by atoms with Crippen LogP contribution in [-0.2, 0) is 23.1 Å². The number of likely N-dealkylation sites (tertiary alicyclic amines) is 1. The van der Waals surface area contributed by atoms with Crippen LogP contribution in [0.2, 0.25) is 0 Å². The minimum atomic E-state index is 0.499. The summed E-state index contributed by atoms with van der Waals surface area (Å²) < 4.78 is 12.5. The average Bonchev–Trinajstić information content (AvgIpc) is 3.29. The summed E-state index contributed by atoms with van der Waals surface area (Å²) in [6.07, 6.45) is 3.43. The molecule has 0 radical (unpaired) electrons. The van der Waals surface area contributed by atoms with Crippen molar-refractivity contribution < 1.29 is 9.47 Å². The summed E-state index contributed by atoms with van der Waals surface area (Å²) >= 11 is 0. The molecule has 1 atom stereocenters. The third-order valence-corrected chi connectivity index (χ3v) is 5.16. The van der Waals surface area contributed by atoms with Crippen molar-refractivity contribution in [3.63, 3.8) is 0 Å². The molecule has 0 aliphatic carbocycles. The third kappa shape index (κ3) is 7.37. The summed E-state index contributed by atoms with van der Waals surface area (Å²) in [5.74, 6) is 2.57. The van der Waals surface area contributed by atoms with Crippen LogP contribution in [0.5, 0.6) is 0 Å². The Kier molecular flexibility index (Phi) is 10.2. The van der Waals surface area contributed by atoms with E-state index in [9.17, 15) is 0 Å². The van der Waals surface area contributed by atoms with Crippen molar-refractivity contribution in [1.82, 2.24) is 30.3 Å². The Bertz CT molecular complexity index is 591. The smallest absolute Gasteiger partial charge is 0.191 e. The number of guanidine groups is 1. The molecule has 160 valence electrons. The molecule has 0 bridgehead atoms. The zero-order valence-electron chi connectivity index (χ0n) is 17.9. The molecule has 1 aliphatic heterocycles. The van der Waals surface area contributed by atoms with Crippen molar-refractivity contribution in [3.8, 4) is 0 Å². The predicted molar refractivity (Wildman–Crippen MR) is 110 cm³/mol. The highest BCUT2D eigenvalue weighted by Crippen LogP contribution is 2.15. The van der Waals surface area contributed by atoms with Crippen LogP contribution >= 0.6 is 0 Å². The molecule has 0 aromatic carbocycles. The van der Waals surface area contributed by atoms with Gasteiger partial charge >= 0.3 is 0 Å². The van der Waals surface area contributed by atoms with Crippen LogP contribution < -0.4 is 10.6 Å². The van der Waals surface area contributed by atoms with Crippen molar-refractivity contribution >= 4 is 5.96 Å². The Morgan fingerprint density at radius 1 is 1.25 bits per heavy atom. The summed E-state index contributed by atoms with van der Waals surface area (Å²) in [6, 6.07) is 0.575. The van der Waals surface area contributed by atoms with Crippen LogP contribution in [0.4, 0.5) is 0 Å². The molecule has 1 aromatic rings. The first-order valence-electron chi connectivity index (χ1n) is 10.3. The van der Waals surface area contributed by atoms with Crippen LogP contribution in [-0.4, -0.2) is 84.8 Å². The Balaban J connectivity index is 1.83. The molecule has 1 fully saturated rings. The maximum atomic E-state index is 5.52. The lowest BCUT2D eigenvalue weighted by Gasteiger charge is -2.24. The van der Waals surface area contributed by atoms with Gasteiger partial charge in [-0.1, -0.05) is 6.92 Å². The van der Waals surface area contributed by atoms with Crippen LogP contribution in [0, 0.1) is 6.92 Å². The number of aliphatic imine (C=N–C) groups is 1. The fourth-order valence-electron chi connectivity index (χ4n) is 3.30. The van der Waals surface area contributed by atoms with Crippen molar-refractivity contribution in [1.29, 1.82) is 0 Å². The van der Waals surface area contributed by atoms with Gasteiger partial charge in [0.05, 0.1) is 13.2 Å². The number of aryl methyl sites for hydroxylation is 1. The molecule has 9 nitrogen and oxygen atoms in total. The number of nitrogens with one attached hydrogen (secondary N) is 2. The Morgan fingerprint density at radius 2 is 2.11 bits per heavy atom. The second-order valence-corrected chi connectivity index (χ2v) is 7.08. The third-order valence-electron chi connectivity index (χ3n) is 5.16. The van der Waals surface area contributed by atoms with Crippen LogP contribution in [0.25, 0.3) is 0 Å². The van der Waals surface area contributed by atoms with Crippen LogP contribution in [0.3, 0.4) is 0 Å². The molecule has 0 amide bonds. The molecule has 0 saturated carbocycles. The Hall–Kier alpha value is -1.71. The maximum Gasteiger partial charge on any atom is 0.191 e. The fraction of sp³-hybridized carbons (Fsp3) is 0.842. The van der Waals surface area contributed by atoms with Crippen molar-refractivity contribution in [2.75, 3.05) is 53.1 Å². The van der Waals surface area contributed by atoms with Gasteiger partial charge in [0.25, 0.3) is 0 Å². The van der Waals surface area contributed by atoms with Crippen molar-refractivity contribution in [2.45, 2.75) is 45.7 Å². The lowest BCUT2D eigenvalue weighted by Crippen LogP contribution is -2.45. The average molecular weight is 396 g/mol. The minimum Gasteiger partial charge on any atom is -0.382 e. The second kappa shape index (κ2) is 12.7. The van der Waals surface area contributed by atoms with Gasteiger partial charge in [-0.3, -0.25) is 4.90 Å². The summed E-state index contributed by atoms with van der Waals surface area (Å²) in [5.41, 5.74) is 0. The van der Waals surface area contributed by atoms with Gasteiger partial charge in [-0.15, -0.1) is 10.2 Å². The van der Waals surface area contributed by atoms with Crippen molar-refractivity contribution in [2.24, 2.45) is 12.0 Å². The van der Waals surface area contributed by atoms with Gasteiger partial charge in [-0.25, -0.2) is 4.99 Å². The SMILES string of the molecule is CCN1CCCC1CNC(=NCc1nnc(C)n1C)NCCCOCCOC. The highest BCUT2D eigenvalue weighted by molar-refractivity contribution is 5.79. The molecule has 1 aromatic heterocycles. The first-order valence-corrected chi connectivity index (χ1v) is 10.3. The lowest BCUT2D eigenvalue weighted by atomic mass is 10.2. The zero-order valence-corrected chi connectivity index (χ0v) is 17.9. The topological polar surface area (TPSA) is 88.8 Å². The van der Waals surface area contributed by atoms with E-state index in [-0.39, 0.29) is 0 Å². The maximum absolute atomic E-state index is 5.52. The van der Waals surface area contributed by atoms with E-state index in [1.807, 2.05) is 18.5 Å². The van der Waals surface area contributed by atoms with Gasteiger partial charge in [0.15, 0.2) is 11.8 Å². The number of hydrogen-bond acceptors (Lipinski definition) is 6. The Morgan fingerprint density at radius 3 is 2.82 bits per heavy atom. The Labute approximate surface area is 168 Å². The summed E-state index contributed by atoms with van der Waals surface area (Å²) in [7, 11) is 3.65. The zero-order chi connectivity index (χ0) is 20.2. The lowest BCUT2D eigenvalue weighted by molar-refractivity contribution is 0.0698. The van der Waals surface area contributed by atoms with Gasteiger partial charge in [0.2, 0.25) is 0 Å². The molecule has 2 heterocycles. The molecule has 9 heteroatoms. The number of hydrogen-bond donors (Lipinski definition) is 2. The summed E-state index contributed by atoms with van der Waals surface area (Å²) in [4.78, 5) is 7.25. The van der Waals surface area contributed by atoms with Gasteiger partial charge in [0.1, 0.15) is 12.4 Å². The molecule has 2 N–H and O–H groups in total. The van der Waals surface area contributed by atoms with E-state index in [4.69, 9.17) is 14.5 Å². The number of likely N-dealkylation sites (N-methyl/N-ethyl adjacent to an activating group) is 1.